The molecule has 0 spiro atoms. The van der Waals surface area contributed by atoms with E-state index in [2.05, 4.69) is 15.0 Å². The number of fused-ring (bicyclic) bond motifs is 1. The number of amides is 1. The number of aromatic nitrogens is 3. The van der Waals surface area contributed by atoms with Crippen LogP contribution >= 0.6 is 0 Å². The van der Waals surface area contributed by atoms with Gasteiger partial charge in [0.2, 0.25) is 10.0 Å². The molecule has 0 aliphatic carbocycles. The van der Waals surface area contributed by atoms with Crippen molar-refractivity contribution in [2.75, 3.05) is 13.6 Å². The van der Waals surface area contributed by atoms with Crippen LogP contribution in [0.2, 0.25) is 0 Å². The van der Waals surface area contributed by atoms with E-state index in [-0.39, 0.29) is 10.8 Å². The zero-order valence-electron chi connectivity index (χ0n) is 14.6. The van der Waals surface area contributed by atoms with E-state index in [1.807, 2.05) is 28.8 Å². The second-order valence-corrected chi connectivity index (χ2v) is 7.80. The van der Waals surface area contributed by atoms with Gasteiger partial charge in [0.25, 0.3) is 5.91 Å². The molecule has 2 N–H and O–H groups in total. The van der Waals surface area contributed by atoms with Crippen LogP contribution in [-0.2, 0) is 23.6 Å². The minimum Gasteiger partial charge on any atom is -0.351 e. The molecular formula is C17H21N5O3S. The maximum Gasteiger partial charge on any atom is 0.267 e. The van der Waals surface area contributed by atoms with E-state index in [9.17, 15) is 13.2 Å². The van der Waals surface area contributed by atoms with Crippen molar-refractivity contribution >= 4 is 27.0 Å². The molecule has 2 heterocycles. The first-order chi connectivity index (χ1) is 12.4. The number of imidazole rings is 1. The van der Waals surface area contributed by atoms with E-state index in [4.69, 9.17) is 0 Å². The second kappa shape index (κ2) is 7.30. The number of nitrogens with zero attached hydrogens (tertiary/aromatic N) is 3. The predicted molar refractivity (Wildman–Crippen MR) is 98.3 cm³/mol. The molecule has 0 atom stereocenters. The van der Waals surface area contributed by atoms with Crippen molar-refractivity contribution in [2.45, 2.75) is 17.9 Å². The molecule has 2 aromatic heterocycles. The third kappa shape index (κ3) is 3.63. The first kappa shape index (κ1) is 18.2. The average Bonchev–Trinajstić information content (AvgIpc) is 3.23. The van der Waals surface area contributed by atoms with Crippen LogP contribution in [0, 0.1) is 0 Å². The number of rotatable bonds is 7. The van der Waals surface area contributed by atoms with Gasteiger partial charge in [-0.1, -0.05) is 12.1 Å². The highest BCUT2D eigenvalue weighted by Gasteiger charge is 2.18. The molecule has 0 saturated heterocycles. The van der Waals surface area contributed by atoms with Crippen LogP contribution in [0.25, 0.3) is 11.0 Å². The summed E-state index contributed by atoms with van der Waals surface area (Å²) in [6, 6.07) is 9.25. The van der Waals surface area contributed by atoms with E-state index in [1.54, 1.807) is 13.4 Å². The van der Waals surface area contributed by atoms with Gasteiger partial charge in [-0.05, 0) is 31.7 Å². The quantitative estimate of drug-likeness (QED) is 0.604. The molecule has 0 fully saturated rings. The number of hydrogen-bond donors (Lipinski definition) is 2. The van der Waals surface area contributed by atoms with Gasteiger partial charge < -0.3 is 14.5 Å². The Labute approximate surface area is 151 Å². The summed E-state index contributed by atoms with van der Waals surface area (Å²) in [6.07, 6.45) is 3.94. The Balaban J connectivity index is 1.58. The minimum absolute atomic E-state index is 0.0672. The summed E-state index contributed by atoms with van der Waals surface area (Å²) in [5.74, 6) is -0.305. The fraction of sp³-hybridized carbons (Fsp3) is 0.294. The van der Waals surface area contributed by atoms with Gasteiger partial charge in [0.1, 0.15) is 10.6 Å². The number of nitrogens with one attached hydrogen (secondary N) is 2. The minimum atomic E-state index is -3.57. The van der Waals surface area contributed by atoms with E-state index in [0.29, 0.717) is 12.2 Å². The van der Waals surface area contributed by atoms with Crippen molar-refractivity contribution in [1.29, 1.82) is 0 Å². The number of carbonyl (C=O) groups excluding carboxylic acids is 1. The van der Waals surface area contributed by atoms with Gasteiger partial charge in [-0.15, -0.1) is 0 Å². The number of aryl methyl sites for hydroxylation is 2. The maximum absolute atomic E-state index is 12.3. The van der Waals surface area contributed by atoms with Crippen molar-refractivity contribution in [3.8, 4) is 0 Å². The summed E-state index contributed by atoms with van der Waals surface area (Å²) in [6.45, 7) is 1.21. The van der Waals surface area contributed by atoms with Crippen LogP contribution < -0.4 is 10.0 Å². The Morgan fingerprint density at radius 1 is 1.27 bits per heavy atom. The molecule has 0 aliphatic heterocycles. The molecule has 1 amide bonds. The largest absolute Gasteiger partial charge is 0.351 e. The number of carbonyl (C=O) groups is 1. The molecule has 0 saturated carbocycles. The van der Waals surface area contributed by atoms with Gasteiger partial charge in [-0.3, -0.25) is 4.79 Å². The molecule has 0 aliphatic rings. The van der Waals surface area contributed by atoms with Gasteiger partial charge in [-0.2, -0.15) is 0 Å². The molecule has 8 nitrogen and oxygen atoms in total. The zero-order chi connectivity index (χ0) is 18.7. The van der Waals surface area contributed by atoms with E-state index in [0.717, 1.165) is 24.0 Å². The number of para-hydroxylation sites is 2. The SMILES string of the molecule is CNS(=O)(=O)c1cc(C(=O)NCCCn2cnc3ccccc32)n(C)c1. The predicted octanol–water partition coefficient (Wildman–Crippen LogP) is 1.10. The topological polar surface area (TPSA) is 98.0 Å². The van der Waals surface area contributed by atoms with Crippen molar-refractivity contribution in [2.24, 2.45) is 7.05 Å². The van der Waals surface area contributed by atoms with Gasteiger partial charge >= 0.3 is 0 Å². The standard InChI is InChI=1S/C17H21N5O3S/c1-18-26(24,25)13-10-16(21(2)11-13)17(23)19-8-5-9-22-12-20-14-6-3-4-7-15(14)22/h3-4,6-7,10-12,18H,5,8-9H2,1-2H3,(H,19,23). The summed E-state index contributed by atoms with van der Waals surface area (Å²) >= 11 is 0. The van der Waals surface area contributed by atoms with Crippen LogP contribution in [0.15, 0.2) is 47.8 Å². The Morgan fingerprint density at radius 3 is 2.81 bits per heavy atom. The summed E-state index contributed by atoms with van der Waals surface area (Å²) in [5.41, 5.74) is 2.30. The van der Waals surface area contributed by atoms with Crippen molar-refractivity contribution in [3.05, 3.63) is 48.5 Å². The zero-order valence-corrected chi connectivity index (χ0v) is 15.5. The van der Waals surface area contributed by atoms with Gasteiger partial charge in [0, 0.05) is 26.3 Å². The summed E-state index contributed by atoms with van der Waals surface area (Å²) in [4.78, 5) is 16.7. The normalized spacial score (nSPS) is 11.8. The van der Waals surface area contributed by atoms with Gasteiger partial charge in [0.15, 0.2) is 0 Å². The summed E-state index contributed by atoms with van der Waals surface area (Å²) in [5, 5.41) is 2.82. The van der Waals surface area contributed by atoms with Crippen molar-refractivity contribution in [3.63, 3.8) is 0 Å². The lowest BCUT2D eigenvalue weighted by Gasteiger charge is -2.07. The molecular weight excluding hydrogens is 354 g/mol. The van der Waals surface area contributed by atoms with Gasteiger partial charge in [-0.25, -0.2) is 18.1 Å². The van der Waals surface area contributed by atoms with E-state index >= 15 is 0 Å². The lowest BCUT2D eigenvalue weighted by atomic mass is 10.3. The molecule has 26 heavy (non-hydrogen) atoms. The second-order valence-electron chi connectivity index (χ2n) is 5.92. The highest BCUT2D eigenvalue weighted by molar-refractivity contribution is 7.89. The highest BCUT2D eigenvalue weighted by atomic mass is 32.2. The Kier molecular flexibility index (Phi) is 5.10. The number of benzene rings is 1. The molecule has 3 aromatic rings. The van der Waals surface area contributed by atoms with Crippen LogP contribution in [0.1, 0.15) is 16.9 Å². The monoisotopic (exact) mass is 375 g/mol. The molecule has 9 heteroatoms. The number of hydrogen-bond acceptors (Lipinski definition) is 4. The summed E-state index contributed by atoms with van der Waals surface area (Å²) in [7, 11) is -0.595. The lowest BCUT2D eigenvalue weighted by molar-refractivity contribution is 0.0944. The highest BCUT2D eigenvalue weighted by Crippen LogP contribution is 2.14. The third-order valence-electron chi connectivity index (χ3n) is 4.18. The molecule has 1 aromatic carbocycles. The van der Waals surface area contributed by atoms with Crippen LogP contribution in [0.5, 0.6) is 0 Å². The molecule has 138 valence electrons. The summed E-state index contributed by atoms with van der Waals surface area (Å²) < 4.78 is 29.4. The Bertz CT molecular complexity index is 1040. The molecule has 0 radical (unpaired) electrons. The van der Waals surface area contributed by atoms with Crippen LogP contribution in [0.3, 0.4) is 0 Å². The fourth-order valence-electron chi connectivity index (χ4n) is 2.76. The van der Waals surface area contributed by atoms with Crippen LogP contribution in [0.4, 0.5) is 0 Å². The van der Waals surface area contributed by atoms with Crippen LogP contribution in [-0.4, -0.2) is 42.0 Å². The first-order valence-corrected chi connectivity index (χ1v) is 9.68. The third-order valence-corrected chi connectivity index (χ3v) is 5.56. The Hall–Kier alpha value is -2.65. The average molecular weight is 375 g/mol. The number of sulfonamides is 1. The maximum atomic E-state index is 12.3. The molecule has 0 unspecified atom stereocenters. The van der Waals surface area contributed by atoms with E-state index < -0.39 is 10.0 Å². The fourth-order valence-corrected chi connectivity index (χ4v) is 3.55. The van der Waals surface area contributed by atoms with Gasteiger partial charge in [0.05, 0.1) is 17.4 Å². The molecule has 3 rings (SSSR count). The molecule has 0 bridgehead atoms. The van der Waals surface area contributed by atoms with Crippen molar-refractivity contribution in [1.82, 2.24) is 24.2 Å². The van der Waals surface area contributed by atoms with E-state index in [1.165, 1.54) is 23.9 Å². The Morgan fingerprint density at radius 2 is 2.04 bits per heavy atom. The smallest absolute Gasteiger partial charge is 0.267 e. The lowest BCUT2D eigenvalue weighted by Crippen LogP contribution is -2.26. The van der Waals surface area contributed by atoms with Crippen molar-refractivity contribution < 1.29 is 13.2 Å². The first-order valence-electron chi connectivity index (χ1n) is 8.20.